The van der Waals surface area contributed by atoms with Crippen LogP contribution in [-0.2, 0) is 36.5 Å². The Kier molecular flexibility index (Phi) is 9.67. The highest BCUT2D eigenvalue weighted by Gasteiger charge is 2.45. The molecule has 2 N–H and O–H groups in total. The molecule has 248 valence electrons. The average molecular weight is 653 g/mol. The van der Waals surface area contributed by atoms with Gasteiger partial charge in [0.2, 0.25) is 5.91 Å². The van der Waals surface area contributed by atoms with Crippen LogP contribution in [0.5, 0.6) is 5.75 Å². The Morgan fingerprint density at radius 1 is 1.20 bits per heavy atom. The summed E-state index contributed by atoms with van der Waals surface area (Å²) in [7, 11) is 3.49. The van der Waals surface area contributed by atoms with Crippen LogP contribution in [0, 0.1) is 11.8 Å². The van der Waals surface area contributed by atoms with Gasteiger partial charge < -0.3 is 34.2 Å². The fraction of sp³-hybridized carbons (Fsp3) is 0.556. The van der Waals surface area contributed by atoms with E-state index in [-0.39, 0.29) is 30.5 Å². The van der Waals surface area contributed by atoms with Crippen LogP contribution in [0.2, 0.25) is 5.02 Å². The molecule has 0 radical (unpaired) electrons. The lowest BCUT2D eigenvalue weighted by atomic mass is 9.68. The van der Waals surface area contributed by atoms with E-state index < -0.39 is 18.2 Å². The number of carboxylic acids is 1. The third-order valence-electron chi connectivity index (χ3n) is 10.6. The number of hydrogen-bond donors (Lipinski definition) is 2. The average Bonchev–Trinajstić information content (AvgIpc) is 3.16. The van der Waals surface area contributed by atoms with Crippen molar-refractivity contribution in [3.05, 3.63) is 70.3 Å². The molecule has 0 unspecified atom stereocenters. The topological polar surface area (TPSA) is 109 Å². The van der Waals surface area contributed by atoms with Crippen molar-refractivity contribution in [1.29, 1.82) is 0 Å². The summed E-state index contributed by atoms with van der Waals surface area (Å²) in [5.41, 5.74) is 1.89. The summed E-state index contributed by atoms with van der Waals surface area (Å²) in [5, 5.41) is 22.1. The summed E-state index contributed by atoms with van der Waals surface area (Å²) in [6.07, 6.45) is 9.77. The van der Waals surface area contributed by atoms with E-state index in [1.54, 1.807) is 25.1 Å². The summed E-state index contributed by atoms with van der Waals surface area (Å²) in [6, 6.07) is 11.8. The minimum atomic E-state index is -1.74. The van der Waals surface area contributed by atoms with Crippen LogP contribution in [-0.4, -0.2) is 86.7 Å². The van der Waals surface area contributed by atoms with Gasteiger partial charge in [0.25, 0.3) is 0 Å². The summed E-state index contributed by atoms with van der Waals surface area (Å²) in [5.74, 6) is 0.0729. The molecule has 1 saturated carbocycles. The number of nitrogens with zero attached hydrogens (tertiary/aromatic N) is 2. The maximum Gasteiger partial charge on any atom is 0.329 e. The standard InChI is InChI=1S/C36H45ClN2O7/c1-38-15-4-3-7-31(44-2)28-11-8-25(28)19-39-21-35(14-5-6-24-16-27(37)10-12-29(24)35)22-46-32-13-9-26(17-30(32)39)36(43,18-33(38)40)23-45-20-34(41)42/h3,7,9-10,12-13,16-17,25,28,31,43H,4-6,8,11,14-15,18-23H2,1-2H3,(H,41,42)/t25-,28+,31-,35-,36-/m0/s1. The van der Waals surface area contributed by atoms with E-state index in [1.165, 1.54) is 11.1 Å². The van der Waals surface area contributed by atoms with Crippen LogP contribution >= 0.6 is 11.6 Å². The number of carboxylic acid groups (broad SMARTS) is 1. The number of aryl methyl sites for hydroxylation is 1. The first-order valence-corrected chi connectivity index (χ1v) is 16.8. The molecule has 2 aromatic rings. The zero-order valence-electron chi connectivity index (χ0n) is 26.8. The maximum atomic E-state index is 13.4. The van der Waals surface area contributed by atoms with Gasteiger partial charge in [-0.25, -0.2) is 4.79 Å². The number of carbonyl (C=O) groups excluding carboxylic acids is 1. The van der Waals surface area contributed by atoms with Crippen LogP contribution < -0.4 is 9.64 Å². The maximum absolute atomic E-state index is 13.4. The number of anilines is 1. The summed E-state index contributed by atoms with van der Waals surface area (Å²) in [6.45, 7) is 1.59. The zero-order chi connectivity index (χ0) is 32.5. The van der Waals surface area contributed by atoms with Gasteiger partial charge in [0, 0.05) is 44.2 Å². The van der Waals surface area contributed by atoms with Crippen LogP contribution in [0.3, 0.4) is 0 Å². The Bertz CT molecular complexity index is 1480. The van der Waals surface area contributed by atoms with Crippen LogP contribution in [0.15, 0.2) is 48.6 Å². The number of ether oxygens (including phenoxy) is 3. The monoisotopic (exact) mass is 652 g/mol. The van der Waals surface area contributed by atoms with Crippen molar-refractivity contribution < 1.29 is 34.0 Å². The molecule has 2 aromatic carbocycles. The minimum absolute atomic E-state index is 0.00956. The number of hydrogen-bond acceptors (Lipinski definition) is 7. The van der Waals surface area contributed by atoms with Crippen molar-refractivity contribution in [3.63, 3.8) is 0 Å². The molecule has 2 bridgehead atoms. The molecular formula is C36H45ClN2O7. The second kappa shape index (κ2) is 13.6. The van der Waals surface area contributed by atoms with Crippen molar-refractivity contribution in [2.24, 2.45) is 11.8 Å². The summed E-state index contributed by atoms with van der Waals surface area (Å²) in [4.78, 5) is 28.7. The van der Waals surface area contributed by atoms with Crippen molar-refractivity contribution in [2.45, 2.75) is 62.1 Å². The van der Waals surface area contributed by atoms with Crippen LogP contribution in [0.1, 0.15) is 55.2 Å². The van der Waals surface area contributed by atoms with E-state index in [2.05, 4.69) is 29.2 Å². The smallest absolute Gasteiger partial charge is 0.329 e. The van der Waals surface area contributed by atoms with Gasteiger partial charge in [-0.1, -0.05) is 35.9 Å². The van der Waals surface area contributed by atoms with Gasteiger partial charge in [-0.3, -0.25) is 4.79 Å². The highest BCUT2D eigenvalue weighted by atomic mass is 35.5. The van der Waals surface area contributed by atoms with E-state index in [4.69, 9.17) is 25.8 Å². The molecule has 1 amide bonds. The lowest BCUT2D eigenvalue weighted by Gasteiger charge is -2.46. The Morgan fingerprint density at radius 2 is 2.04 bits per heavy atom. The largest absolute Gasteiger partial charge is 0.490 e. The quantitative estimate of drug-likeness (QED) is 0.437. The molecule has 46 heavy (non-hydrogen) atoms. The second-order valence-electron chi connectivity index (χ2n) is 13.6. The van der Waals surface area contributed by atoms with Gasteiger partial charge in [-0.2, -0.15) is 0 Å². The number of fused-ring (bicyclic) bond motifs is 4. The number of halogens is 1. The first kappa shape index (κ1) is 32.8. The van der Waals surface area contributed by atoms with Crippen LogP contribution in [0.4, 0.5) is 5.69 Å². The predicted octanol–water partition coefficient (Wildman–Crippen LogP) is 4.95. The van der Waals surface area contributed by atoms with Crippen LogP contribution in [0.25, 0.3) is 0 Å². The number of carbonyl (C=O) groups is 2. The van der Waals surface area contributed by atoms with E-state index in [0.717, 1.165) is 61.7 Å². The van der Waals surface area contributed by atoms with Gasteiger partial charge >= 0.3 is 5.97 Å². The fourth-order valence-corrected chi connectivity index (χ4v) is 8.08. The third-order valence-corrected chi connectivity index (χ3v) is 10.8. The Morgan fingerprint density at radius 3 is 2.80 bits per heavy atom. The number of aliphatic hydroxyl groups is 1. The van der Waals surface area contributed by atoms with Crippen molar-refractivity contribution in [3.8, 4) is 5.75 Å². The van der Waals surface area contributed by atoms with Crippen molar-refractivity contribution >= 4 is 29.2 Å². The van der Waals surface area contributed by atoms with E-state index >= 15 is 0 Å². The minimum Gasteiger partial charge on any atom is -0.490 e. The van der Waals surface area contributed by atoms with E-state index in [0.29, 0.717) is 37.0 Å². The number of rotatable bonds is 5. The molecule has 1 fully saturated rings. The fourth-order valence-electron chi connectivity index (χ4n) is 7.89. The number of aliphatic carboxylic acids is 1. The second-order valence-corrected chi connectivity index (χ2v) is 14.1. The van der Waals surface area contributed by atoms with Gasteiger partial charge in [-0.15, -0.1) is 0 Å². The molecule has 1 spiro atoms. The first-order valence-electron chi connectivity index (χ1n) is 16.4. The van der Waals surface area contributed by atoms with Crippen molar-refractivity contribution in [1.82, 2.24) is 4.90 Å². The molecule has 9 nitrogen and oxygen atoms in total. The van der Waals surface area contributed by atoms with Gasteiger partial charge in [0.15, 0.2) is 0 Å². The Balaban J connectivity index is 1.44. The number of methoxy groups -OCH3 is 1. The number of benzene rings is 2. The van der Waals surface area contributed by atoms with E-state index in [9.17, 15) is 19.8 Å². The molecule has 6 rings (SSSR count). The van der Waals surface area contributed by atoms with Crippen molar-refractivity contribution in [2.75, 3.05) is 58.5 Å². The highest BCUT2D eigenvalue weighted by Crippen LogP contribution is 2.47. The lowest BCUT2D eigenvalue weighted by Crippen LogP contribution is -2.49. The SMILES string of the molecule is CO[C@H]1C=CCCN(C)C(=O)C[C@](O)(COCC(=O)O)c2ccc3c(c2)N(C[C@@H]2CC[C@H]21)C[C@@]1(CCCc2cc(Cl)ccc21)CO3. The third kappa shape index (κ3) is 6.65. The summed E-state index contributed by atoms with van der Waals surface area (Å²) < 4.78 is 18.1. The molecule has 5 atom stereocenters. The molecule has 4 aliphatic rings. The highest BCUT2D eigenvalue weighted by molar-refractivity contribution is 6.30. The Hall–Kier alpha value is -3.11. The molecule has 10 heteroatoms. The number of amides is 1. The normalized spacial score (nSPS) is 29.7. The first-order chi connectivity index (χ1) is 22.1. The molecule has 2 heterocycles. The molecule has 0 saturated heterocycles. The molecule has 0 aromatic heterocycles. The van der Waals surface area contributed by atoms with E-state index in [1.807, 2.05) is 18.2 Å². The summed E-state index contributed by atoms with van der Waals surface area (Å²) >= 11 is 6.44. The molecular weight excluding hydrogens is 608 g/mol. The van der Waals surface area contributed by atoms with Gasteiger partial charge in [0.05, 0.1) is 31.4 Å². The Labute approximate surface area is 276 Å². The lowest BCUT2D eigenvalue weighted by molar-refractivity contribution is -0.148. The predicted molar refractivity (Wildman–Crippen MR) is 176 cm³/mol. The van der Waals surface area contributed by atoms with Gasteiger partial charge in [0.1, 0.15) is 18.0 Å². The molecule has 2 aliphatic carbocycles. The zero-order valence-corrected chi connectivity index (χ0v) is 27.5. The van der Waals surface area contributed by atoms with Gasteiger partial charge in [-0.05, 0) is 91.3 Å². The molecule has 2 aliphatic heterocycles.